The zero-order valence-corrected chi connectivity index (χ0v) is 16.5. The van der Waals surface area contributed by atoms with Crippen molar-refractivity contribution in [2.75, 3.05) is 24.3 Å². The molecule has 0 atom stereocenters. The Labute approximate surface area is 163 Å². The number of hydrogen-bond acceptors (Lipinski definition) is 4. The number of nitrogens with zero attached hydrogens (tertiary/aromatic N) is 2. The number of aromatic nitrogens is 2. The van der Waals surface area contributed by atoms with Crippen molar-refractivity contribution in [3.8, 4) is 0 Å². The van der Waals surface area contributed by atoms with E-state index >= 15 is 0 Å². The number of H-pyrrole nitrogens is 1. The number of aryl methyl sites for hydroxylation is 2. The molecule has 27 heavy (non-hydrogen) atoms. The van der Waals surface area contributed by atoms with Crippen molar-refractivity contribution in [2.45, 2.75) is 13.8 Å². The van der Waals surface area contributed by atoms with Crippen LogP contribution in [0.5, 0.6) is 0 Å². The lowest BCUT2D eigenvalue weighted by atomic mass is 10.1. The van der Waals surface area contributed by atoms with Crippen LogP contribution in [0.3, 0.4) is 0 Å². The molecule has 7 heteroatoms. The maximum atomic E-state index is 12.9. The molecule has 1 aromatic carbocycles. The number of nitrogens with one attached hydrogen (secondary N) is 2. The number of anilines is 2. The molecular formula is C20H22ClN5O. The maximum absolute atomic E-state index is 12.9. The van der Waals surface area contributed by atoms with E-state index in [1.807, 2.05) is 38.1 Å². The average molecular weight is 384 g/mol. The zero-order valence-electron chi connectivity index (χ0n) is 15.7. The Kier molecular flexibility index (Phi) is 5.10. The Balaban J connectivity index is 2.23. The second-order valence-corrected chi connectivity index (χ2v) is 6.92. The smallest absolute Gasteiger partial charge is 0.257 e. The van der Waals surface area contributed by atoms with Crippen LogP contribution in [0.4, 0.5) is 11.4 Å². The molecule has 0 aliphatic heterocycles. The zero-order chi connectivity index (χ0) is 19.7. The minimum absolute atomic E-state index is 0.240. The van der Waals surface area contributed by atoms with Crippen molar-refractivity contribution < 1.29 is 4.79 Å². The molecule has 0 fully saturated rings. The lowest BCUT2D eigenvalue weighted by Gasteiger charge is -2.21. The van der Waals surface area contributed by atoms with Crippen LogP contribution in [0.25, 0.3) is 17.0 Å². The summed E-state index contributed by atoms with van der Waals surface area (Å²) in [6.45, 7) is 3.76. The predicted octanol–water partition coefficient (Wildman–Crippen LogP) is 4.08. The van der Waals surface area contributed by atoms with E-state index in [2.05, 4.69) is 15.3 Å². The van der Waals surface area contributed by atoms with Crippen molar-refractivity contribution >= 4 is 45.9 Å². The monoisotopic (exact) mass is 383 g/mol. The van der Waals surface area contributed by atoms with Gasteiger partial charge in [-0.05, 0) is 44.3 Å². The standard InChI is InChI=1S/C20H22ClN5O/c1-11-14(6-5-9-23-11)20(27)25-18-17-15(10-16(21)19(18)26(3)4)13(7-8-22)12(2)24-17/h5-10,24H,22H2,1-4H3,(H,25,27)/b8-7-. The highest BCUT2D eigenvalue weighted by molar-refractivity contribution is 6.36. The number of carbonyl (C=O) groups is 1. The molecule has 0 saturated carbocycles. The van der Waals surface area contributed by atoms with Gasteiger partial charge in [0.15, 0.2) is 0 Å². The quantitative estimate of drug-likeness (QED) is 0.633. The SMILES string of the molecule is Cc1ncccc1C(=O)Nc1c(N(C)C)c(Cl)cc2c(/C=C\N)c(C)[nH]c12. The number of fused-ring (bicyclic) bond motifs is 1. The molecule has 6 nitrogen and oxygen atoms in total. The van der Waals surface area contributed by atoms with Gasteiger partial charge in [0, 0.05) is 42.6 Å². The van der Waals surface area contributed by atoms with Crippen LogP contribution in [0.2, 0.25) is 5.02 Å². The molecule has 0 radical (unpaired) electrons. The Hall–Kier alpha value is -2.99. The fraction of sp³-hybridized carbons (Fsp3) is 0.200. The highest BCUT2D eigenvalue weighted by Crippen LogP contribution is 2.41. The van der Waals surface area contributed by atoms with Crippen LogP contribution < -0.4 is 16.0 Å². The lowest BCUT2D eigenvalue weighted by molar-refractivity contribution is 0.102. The van der Waals surface area contributed by atoms with Crippen molar-refractivity contribution in [1.82, 2.24) is 9.97 Å². The first-order valence-electron chi connectivity index (χ1n) is 8.48. The van der Waals surface area contributed by atoms with Gasteiger partial charge in [0.25, 0.3) is 5.91 Å². The second-order valence-electron chi connectivity index (χ2n) is 6.51. The highest BCUT2D eigenvalue weighted by Gasteiger charge is 2.21. The summed E-state index contributed by atoms with van der Waals surface area (Å²) in [5, 5.41) is 4.45. The number of halogens is 1. The van der Waals surface area contributed by atoms with Crippen molar-refractivity contribution in [1.29, 1.82) is 0 Å². The van der Waals surface area contributed by atoms with Gasteiger partial charge in [0.2, 0.25) is 0 Å². The molecule has 0 bridgehead atoms. The number of carbonyl (C=O) groups excluding carboxylic acids is 1. The lowest BCUT2D eigenvalue weighted by Crippen LogP contribution is -2.18. The van der Waals surface area contributed by atoms with Crippen molar-refractivity contribution in [2.24, 2.45) is 5.73 Å². The van der Waals surface area contributed by atoms with E-state index in [4.69, 9.17) is 17.3 Å². The molecule has 0 saturated heterocycles. The molecule has 0 aliphatic carbocycles. The number of pyridine rings is 1. The van der Waals surface area contributed by atoms with E-state index in [-0.39, 0.29) is 5.91 Å². The van der Waals surface area contributed by atoms with Gasteiger partial charge in [-0.1, -0.05) is 11.6 Å². The third kappa shape index (κ3) is 3.36. The van der Waals surface area contributed by atoms with Crippen LogP contribution in [0.1, 0.15) is 27.3 Å². The average Bonchev–Trinajstić information content (AvgIpc) is 2.91. The Morgan fingerprint density at radius 3 is 2.74 bits per heavy atom. The third-order valence-electron chi connectivity index (χ3n) is 4.46. The molecule has 2 heterocycles. The summed E-state index contributed by atoms with van der Waals surface area (Å²) < 4.78 is 0. The topological polar surface area (TPSA) is 87.0 Å². The highest BCUT2D eigenvalue weighted by atomic mass is 35.5. The van der Waals surface area contributed by atoms with E-state index in [1.165, 1.54) is 6.20 Å². The number of rotatable bonds is 4. The van der Waals surface area contributed by atoms with Crippen LogP contribution >= 0.6 is 11.6 Å². The summed E-state index contributed by atoms with van der Waals surface area (Å²) >= 11 is 6.57. The van der Waals surface area contributed by atoms with Gasteiger partial charge in [-0.25, -0.2) is 0 Å². The van der Waals surface area contributed by atoms with Crippen molar-refractivity contribution in [3.63, 3.8) is 0 Å². The molecular weight excluding hydrogens is 362 g/mol. The van der Waals surface area contributed by atoms with Crippen LogP contribution in [0, 0.1) is 13.8 Å². The van der Waals surface area contributed by atoms with Crippen LogP contribution in [0.15, 0.2) is 30.6 Å². The largest absolute Gasteiger partial charge is 0.405 e. The second kappa shape index (κ2) is 7.32. The van der Waals surface area contributed by atoms with Gasteiger partial charge in [-0.3, -0.25) is 9.78 Å². The number of amides is 1. The summed E-state index contributed by atoms with van der Waals surface area (Å²) in [7, 11) is 3.77. The Bertz CT molecular complexity index is 1050. The first kappa shape index (κ1) is 18.8. The van der Waals surface area contributed by atoms with Gasteiger partial charge in [0.05, 0.1) is 27.5 Å². The van der Waals surface area contributed by atoms with Crippen molar-refractivity contribution in [3.05, 3.63) is 58.1 Å². The summed E-state index contributed by atoms with van der Waals surface area (Å²) in [4.78, 5) is 22.3. The minimum atomic E-state index is -0.240. The molecule has 140 valence electrons. The first-order valence-corrected chi connectivity index (χ1v) is 8.86. The van der Waals surface area contributed by atoms with E-state index in [1.54, 1.807) is 25.3 Å². The summed E-state index contributed by atoms with van der Waals surface area (Å²) in [5.41, 5.74) is 10.8. The number of aromatic amines is 1. The maximum Gasteiger partial charge on any atom is 0.257 e. The Morgan fingerprint density at radius 2 is 2.11 bits per heavy atom. The van der Waals surface area contributed by atoms with Gasteiger partial charge in [-0.15, -0.1) is 0 Å². The van der Waals surface area contributed by atoms with Gasteiger partial charge >= 0.3 is 0 Å². The molecule has 2 aromatic heterocycles. The van der Waals surface area contributed by atoms with E-state index in [9.17, 15) is 4.79 Å². The van der Waals surface area contributed by atoms with E-state index in [0.717, 1.165) is 27.8 Å². The fourth-order valence-electron chi connectivity index (χ4n) is 3.21. The first-order chi connectivity index (χ1) is 12.8. The van der Waals surface area contributed by atoms with Crippen LogP contribution in [-0.2, 0) is 0 Å². The van der Waals surface area contributed by atoms with E-state index < -0.39 is 0 Å². The summed E-state index contributed by atoms with van der Waals surface area (Å²) in [5.74, 6) is -0.240. The molecule has 0 spiro atoms. The predicted molar refractivity (Wildman–Crippen MR) is 113 cm³/mol. The summed E-state index contributed by atoms with van der Waals surface area (Å²) in [6, 6.07) is 5.37. The molecule has 0 aliphatic rings. The number of benzene rings is 1. The van der Waals surface area contributed by atoms with E-state index in [0.29, 0.717) is 22.0 Å². The van der Waals surface area contributed by atoms with Crippen LogP contribution in [-0.4, -0.2) is 30.0 Å². The molecule has 4 N–H and O–H groups in total. The normalized spacial score (nSPS) is 11.3. The Morgan fingerprint density at radius 1 is 1.37 bits per heavy atom. The molecule has 3 rings (SSSR count). The molecule has 3 aromatic rings. The van der Waals surface area contributed by atoms with Gasteiger partial charge < -0.3 is 20.9 Å². The minimum Gasteiger partial charge on any atom is -0.405 e. The fourth-order valence-corrected chi connectivity index (χ4v) is 3.59. The molecule has 0 unspecified atom stereocenters. The van der Waals surface area contributed by atoms with Gasteiger partial charge in [-0.2, -0.15) is 0 Å². The summed E-state index contributed by atoms with van der Waals surface area (Å²) in [6.07, 6.45) is 4.96. The van der Waals surface area contributed by atoms with Gasteiger partial charge in [0.1, 0.15) is 0 Å². The number of hydrogen-bond donors (Lipinski definition) is 3. The molecule has 1 amide bonds. The number of nitrogens with two attached hydrogens (primary N) is 1. The third-order valence-corrected chi connectivity index (χ3v) is 4.75.